The van der Waals surface area contributed by atoms with E-state index >= 15 is 0 Å². The summed E-state index contributed by atoms with van der Waals surface area (Å²) >= 11 is 0. The van der Waals surface area contributed by atoms with Crippen LogP contribution in [0.5, 0.6) is 0 Å². The second-order valence-electron chi connectivity index (χ2n) is 38.8. The zero-order chi connectivity index (χ0) is 70.6. The lowest BCUT2D eigenvalue weighted by Gasteiger charge is -2.33. The van der Waals surface area contributed by atoms with Gasteiger partial charge in [-0.25, -0.2) is 8.78 Å². The third-order valence-electron chi connectivity index (χ3n) is 24.6. The van der Waals surface area contributed by atoms with Crippen molar-refractivity contribution >= 4 is 0 Å². The zero-order valence-corrected chi connectivity index (χ0v) is 68.1. The Kier molecular flexibility index (Phi) is 35.8. The molecule has 0 unspecified atom stereocenters. The summed E-state index contributed by atoms with van der Waals surface area (Å²) in [6, 6.07) is 1.73. The van der Waals surface area contributed by atoms with Gasteiger partial charge in [0.15, 0.2) is 0 Å². The van der Waals surface area contributed by atoms with Crippen molar-refractivity contribution in [1.29, 1.82) is 0 Å². The molecule has 95 heavy (non-hydrogen) atoms. The largest absolute Gasteiger partial charge is 0.380 e. The number of fused-ring (bicyclic) bond motifs is 3. The van der Waals surface area contributed by atoms with E-state index in [0.717, 1.165) is 109 Å². The van der Waals surface area contributed by atoms with E-state index < -0.39 is 12.3 Å². The number of methoxy groups -OCH3 is 1. The van der Waals surface area contributed by atoms with Crippen molar-refractivity contribution in [1.82, 2.24) is 39.2 Å². The number of rotatable bonds is 20. The third-order valence-corrected chi connectivity index (χ3v) is 24.6. The highest BCUT2D eigenvalue weighted by molar-refractivity contribution is 5.06. The molecule has 12 aliphatic rings. The molecule has 2 aliphatic carbocycles. The van der Waals surface area contributed by atoms with Gasteiger partial charge in [-0.3, -0.25) is 14.7 Å². The Morgan fingerprint density at radius 1 is 0.432 bits per heavy atom. The highest BCUT2D eigenvalue weighted by Gasteiger charge is 2.51. The van der Waals surface area contributed by atoms with Crippen molar-refractivity contribution in [2.24, 2.45) is 75.9 Å². The molecule has 562 valence electrons. The molecule has 10 saturated heterocycles. The predicted octanol–water partition coefficient (Wildman–Crippen LogP) is 19.1. The van der Waals surface area contributed by atoms with Gasteiger partial charge >= 0.3 is 0 Å². The molecule has 2 saturated carbocycles. The number of likely N-dealkylation sites (tertiary alicyclic amines) is 4. The number of nitrogens with zero attached hydrogens (tertiary/aromatic N) is 8. The Hall–Kier alpha value is -0.500. The van der Waals surface area contributed by atoms with Gasteiger partial charge in [-0.05, 0) is 305 Å². The number of ether oxygens (including phenoxy) is 1. The van der Waals surface area contributed by atoms with Crippen LogP contribution in [0.1, 0.15) is 285 Å². The van der Waals surface area contributed by atoms with E-state index in [4.69, 9.17) is 4.74 Å². The quantitative estimate of drug-likeness (QED) is 0.118. The number of halogens is 2. The molecule has 0 N–H and O–H groups in total. The van der Waals surface area contributed by atoms with Gasteiger partial charge < -0.3 is 29.2 Å². The summed E-state index contributed by atoms with van der Waals surface area (Å²) in [5, 5.41) is 0. The van der Waals surface area contributed by atoms with Crippen LogP contribution in [-0.2, 0) is 4.74 Å². The second-order valence-corrected chi connectivity index (χ2v) is 38.8. The number of hydrogen-bond donors (Lipinski definition) is 0. The fourth-order valence-electron chi connectivity index (χ4n) is 21.2. The lowest BCUT2D eigenvalue weighted by molar-refractivity contribution is 0.0644. The monoisotopic (exact) mass is 1340 g/mol. The number of alkyl halides is 2. The van der Waals surface area contributed by atoms with E-state index in [-0.39, 0.29) is 11.1 Å². The minimum atomic E-state index is -0.556. The van der Waals surface area contributed by atoms with E-state index in [9.17, 15) is 8.78 Å². The van der Waals surface area contributed by atoms with Gasteiger partial charge in [0.05, 0.1) is 6.10 Å². The first-order valence-electron chi connectivity index (χ1n) is 41.1. The van der Waals surface area contributed by atoms with Crippen molar-refractivity contribution in [3.8, 4) is 0 Å². The Balaban J connectivity index is 0.000000197. The molecule has 0 radical (unpaired) electrons. The van der Waals surface area contributed by atoms with Crippen molar-refractivity contribution < 1.29 is 13.5 Å². The van der Waals surface area contributed by atoms with Gasteiger partial charge in [0.25, 0.3) is 0 Å². The summed E-state index contributed by atoms with van der Waals surface area (Å²) in [4.78, 5) is 20.0. The minimum absolute atomic E-state index is 0.258. The summed E-state index contributed by atoms with van der Waals surface area (Å²) in [6.07, 6.45) is 32.9. The molecule has 10 atom stereocenters. The first kappa shape index (κ1) is 85.1. The maximum absolute atomic E-state index is 13.3. The molecule has 0 amide bonds. The SMILES string of the molecule is CC(C)CC1(CN(C)C)CC1.CC(C)CC1(CN2CCCC2)CC1.CC(C)CC12CCCN1CCC2.CC(C)C[C@@H]1C[C@@H](C)CN1C.CC(C)C[C@@H]1C[C@H](C)CN1C.CC(C)C[C@@]12CCCN1C[C@@H](F)C2.CC(C)C[C@@]12CCCN1C[C@H](F)C2.CO[C@@H]1CN(C)C[C@H]1C(C)C. The fraction of sp³-hybridized carbons (Fsp3) is 1.00. The molecule has 10 heterocycles. The van der Waals surface area contributed by atoms with Gasteiger partial charge in [-0.1, -0.05) is 125 Å². The summed E-state index contributed by atoms with van der Waals surface area (Å²) in [6.45, 7) is 58.4. The fourth-order valence-corrected chi connectivity index (χ4v) is 21.2. The van der Waals surface area contributed by atoms with Crippen LogP contribution in [0.2, 0.25) is 0 Å². The average Bonchev–Trinajstić information content (AvgIpc) is 1.67. The minimum Gasteiger partial charge on any atom is -0.380 e. The van der Waals surface area contributed by atoms with Gasteiger partial charge in [0, 0.05) is 94.1 Å². The smallest absolute Gasteiger partial charge is 0.115 e. The van der Waals surface area contributed by atoms with Gasteiger partial charge in [0.2, 0.25) is 0 Å². The Morgan fingerprint density at radius 3 is 1.14 bits per heavy atom. The van der Waals surface area contributed by atoms with E-state index in [1.54, 1.807) is 0 Å². The van der Waals surface area contributed by atoms with E-state index in [1.165, 1.54) is 207 Å². The molecular weight excluding hydrogens is 1170 g/mol. The van der Waals surface area contributed by atoms with Crippen LogP contribution in [0, 0.1) is 75.9 Å². The van der Waals surface area contributed by atoms with Crippen molar-refractivity contribution in [3.63, 3.8) is 0 Å². The lowest BCUT2D eigenvalue weighted by atomic mass is 9.85. The average molecular weight is 1340 g/mol. The predicted molar refractivity (Wildman–Crippen MR) is 410 cm³/mol. The molecule has 0 aromatic heterocycles. The Bertz CT molecular complexity index is 1960. The van der Waals surface area contributed by atoms with Crippen LogP contribution in [0.25, 0.3) is 0 Å². The molecule has 10 aliphatic heterocycles. The van der Waals surface area contributed by atoms with Crippen molar-refractivity contribution in [2.45, 2.75) is 332 Å². The molecule has 9 nitrogen and oxygen atoms in total. The normalized spacial score (nSPS) is 32.4. The highest BCUT2D eigenvalue weighted by atomic mass is 19.1. The van der Waals surface area contributed by atoms with Crippen molar-refractivity contribution in [2.75, 3.05) is 134 Å². The number of likely N-dealkylation sites (N-methyl/N-ethyl adjacent to an activating group) is 1. The second kappa shape index (κ2) is 40.0. The van der Waals surface area contributed by atoms with Crippen molar-refractivity contribution in [3.05, 3.63) is 0 Å². The summed E-state index contributed by atoms with van der Waals surface area (Å²) < 4.78 is 32.0. The molecule has 12 fully saturated rings. The van der Waals surface area contributed by atoms with Crippen LogP contribution in [0.4, 0.5) is 8.78 Å². The highest BCUT2D eigenvalue weighted by Crippen LogP contribution is 2.52. The lowest BCUT2D eigenvalue weighted by Crippen LogP contribution is -2.39. The van der Waals surface area contributed by atoms with Crippen LogP contribution in [0.3, 0.4) is 0 Å². The molecule has 0 aromatic rings. The Morgan fingerprint density at radius 2 is 0.811 bits per heavy atom. The first-order chi connectivity index (χ1) is 44.5. The van der Waals surface area contributed by atoms with Gasteiger partial charge in [-0.15, -0.1) is 0 Å². The zero-order valence-electron chi connectivity index (χ0n) is 68.1. The standard InChI is InChI=1S/C12H23N.2C11H20FN.C11H21N.3C10H21N.C9H19NO/c1-11(2)9-12(5-6-12)10-13-7-3-4-8-13;2*1-9(2)6-11-4-3-5-13(11)8-10(12)7-11;1-10(2)9-11-5-3-7-12(11)8-4-6-11;2*1-8(2)5-10-6-9(3)7-11(10)4;1-9(2)7-10(5-6-10)8-11(3)4;1-7(2)8-5-10(3)6-9(8)11-4/h11H,3-10H2,1-2H3;2*9-10H,3-8H2,1-2H3;10H,3-9H2,1-2H3;2*8-10H,5-7H2,1-4H3;9H,5-8H2,1-4H3;7-9H,5-6H2,1-4H3/t;10-,11+;10-,11-;;9-,10+;9-,10-;;8-,9+/m.01.01.0/s1. The molecule has 0 spiro atoms. The molecule has 0 bridgehead atoms. The topological polar surface area (TPSA) is 35.2 Å². The molecular formula is C84H166F2N8O. The van der Waals surface area contributed by atoms with Crippen LogP contribution in [0.15, 0.2) is 0 Å². The van der Waals surface area contributed by atoms with Crippen LogP contribution in [-0.4, -0.2) is 220 Å². The number of hydrogen-bond acceptors (Lipinski definition) is 9. The molecule has 0 aromatic carbocycles. The molecule has 12 rings (SSSR count). The maximum Gasteiger partial charge on any atom is 0.115 e. The van der Waals surface area contributed by atoms with Gasteiger partial charge in [0.1, 0.15) is 12.3 Å². The Labute approximate surface area is 592 Å². The van der Waals surface area contributed by atoms with Crippen LogP contribution < -0.4 is 0 Å². The van der Waals surface area contributed by atoms with Gasteiger partial charge in [-0.2, -0.15) is 0 Å². The summed E-state index contributed by atoms with van der Waals surface area (Å²) in [5.41, 5.74) is 2.66. The summed E-state index contributed by atoms with van der Waals surface area (Å²) in [5.74, 6) is 9.06. The third kappa shape index (κ3) is 28.6. The van der Waals surface area contributed by atoms with E-state index in [2.05, 4.69) is 199 Å². The molecule has 11 heteroatoms. The maximum atomic E-state index is 13.3. The van der Waals surface area contributed by atoms with E-state index in [1.807, 2.05) is 7.11 Å². The summed E-state index contributed by atoms with van der Waals surface area (Å²) in [7, 11) is 12.9. The first-order valence-corrected chi connectivity index (χ1v) is 41.1. The van der Waals surface area contributed by atoms with E-state index in [0.29, 0.717) is 36.6 Å². The van der Waals surface area contributed by atoms with Crippen LogP contribution >= 0.6 is 0 Å².